The van der Waals surface area contributed by atoms with Crippen LogP contribution in [0.4, 0.5) is 5.13 Å². The van der Waals surface area contributed by atoms with Crippen molar-refractivity contribution < 1.29 is 0 Å². The average molecular weight is 232 g/mol. The topological polar surface area (TPSA) is 38.9 Å². The van der Waals surface area contributed by atoms with E-state index in [-0.39, 0.29) is 0 Å². The van der Waals surface area contributed by atoms with Gasteiger partial charge in [0.1, 0.15) is 0 Å². The maximum atomic E-state index is 5.64. The molecule has 0 amide bonds. The Morgan fingerprint density at radius 2 is 2.06 bits per heavy atom. The molecule has 0 unspecified atom stereocenters. The summed E-state index contributed by atoms with van der Waals surface area (Å²) in [6.45, 7) is 4.44. The number of hydrogen-bond donors (Lipinski definition) is 1. The third kappa shape index (κ3) is 2.42. The van der Waals surface area contributed by atoms with Crippen molar-refractivity contribution in [3.8, 4) is 0 Å². The largest absolute Gasteiger partial charge is 0.375 e. The van der Waals surface area contributed by atoms with Gasteiger partial charge < -0.3 is 5.73 Å². The fourth-order valence-electron chi connectivity index (χ4n) is 1.85. The number of benzene rings is 1. The van der Waals surface area contributed by atoms with Crippen molar-refractivity contribution in [3.05, 3.63) is 46.5 Å². The van der Waals surface area contributed by atoms with Crippen molar-refractivity contribution in [2.24, 2.45) is 0 Å². The molecule has 0 aliphatic heterocycles. The highest BCUT2D eigenvalue weighted by molar-refractivity contribution is 7.15. The van der Waals surface area contributed by atoms with Gasteiger partial charge >= 0.3 is 0 Å². The number of nitrogens with zero attached hydrogens (tertiary/aromatic N) is 1. The zero-order chi connectivity index (χ0) is 11.5. The highest BCUT2D eigenvalue weighted by Crippen LogP contribution is 2.24. The highest BCUT2D eigenvalue weighted by Gasteiger charge is 2.07. The van der Waals surface area contributed by atoms with Crippen molar-refractivity contribution in [1.82, 2.24) is 4.98 Å². The molecule has 3 heteroatoms. The lowest BCUT2D eigenvalue weighted by Gasteiger charge is -2.11. The first-order valence-electron chi connectivity index (χ1n) is 5.45. The Balaban J connectivity index is 2.27. The number of hydrogen-bond acceptors (Lipinski definition) is 3. The standard InChI is InChI=1S/C13H16N2S/c1-9(2)12-6-4-3-5-10(12)7-11-8-15-13(14)16-11/h3-6,8-9H,7H2,1-2H3,(H2,14,15). The monoisotopic (exact) mass is 232 g/mol. The lowest BCUT2D eigenvalue weighted by Crippen LogP contribution is -1.95. The van der Waals surface area contributed by atoms with Crippen LogP contribution < -0.4 is 5.73 Å². The van der Waals surface area contributed by atoms with Crippen LogP contribution in [-0.2, 0) is 6.42 Å². The molecule has 0 spiro atoms. The quantitative estimate of drug-likeness (QED) is 0.880. The summed E-state index contributed by atoms with van der Waals surface area (Å²) in [6.07, 6.45) is 2.81. The summed E-state index contributed by atoms with van der Waals surface area (Å²) >= 11 is 1.57. The Hall–Kier alpha value is -1.35. The van der Waals surface area contributed by atoms with Gasteiger partial charge in [-0.1, -0.05) is 38.1 Å². The van der Waals surface area contributed by atoms with Crippen LogP contribution in [-0.4, -0.2) is 4.98 Å². The predicted octanol–water partition coefficient (Wildman–Crippen LogP) is 3.44. The van der Waals surface area contributed by atoms with Crippen LogP contribution in [0.25, 0.3) is 0 Å². The molecule has 0 aliphatic rings. The van der Waals surface area contributed by atoms with Gasteiger partial charge in [-0.05, 0) is 17.0 Å². The molecule has 2 nitrogen and oxygen atoms in total. The molecule has 0 fully saturated rings. The minimum atomic E-state index is 0.557. The van der Waals surface area contributed by atoms with Gasteiger partial charge in [-0.2, -0.15) is 0 Å². The minimum Gasteiger partial charge on any atom is -0.375 e. The zero-order valence-corrected chi connectivity index (χ0v) is 10.4. The van der Waals surface area contributed by atoms with Gasteiger partial charge in [-0.25, -0.2) is 4.98 Å². The van der Waals surface area contributed by atoms with Gasteiger partial charge in [0.05, 0.1) is 0 Å². The molecule has 1 aromatic carbocycles. The second-order valence-electron chi connectivity index (χ2n) is 4.20. The Kier molecular flexibility index (Phi) is 3.25. The Morgan fingerprint density at radius 3 is 2.69 bits per heavy atom. The second kappa shape index (κ2) is 4.66. The third-order valence-corrected chi connectivity index (χ3v) is 3.44. The lowest BCUT2D eigenvalue weighted by molar-refractivity contribution is 0.849. The van der Waals surface area contributed by atoms with Gasteiger partial charge in [0, 0.05) is 17.5 Å². The predicted molar refractivity (Wildman–Crippen MR) is 69.9 cm³/mol. The molecule has 0 radical (unpaired) electrons. The van der Waals surface area contributed by atoms with Crippen molar-refractivity contribution in [2.75, 3.05) is 5.73 Å². The zero-order valence-electron chi connectivity index (χ0n) is 9.60. The van der Waals surface area contributed by atoms with Crippen LogP contribution in [0, 0.1) is 0 Å². The SMILES string of the molecule is CC(C)c1ccccc1Cc1cnc(N)s1. The summed E-state index contributed by atoms with van der Waals surface area (Å²) in [5.74, 6) is 0.557. The van der Waals surface area contributed by atoms with E-state index in [0.29, 0.717) is 11.0 Å². The summed E-state index contributed by atoms with van der Waals surface area (Å²) in [6, 6.07) is 8.57. The van der Waals surface area contributed by atoms with E-state index in [4.69, 9.17) is 5.73 Å². The van der Waals surface area contributed by atoms with Crippen molar-refractivity contribution in [1.29, 1.82) is 0 Å². The number of anilines is 1. The molecule has 0 saturated carbocycles. The van der Waals surface area contributed by atoms with Gasteiger partial charge in [0.2, 0.25) is 0 Å². The Morgan fingerprint density at radius 1 is 1.31 bits per heavy atom. The molecule has 2 rings (SSSR count). The molecule has 1 heterocycles. The number of nitrogen functional groups attached to an aromatic ring is 1. The van der Waals surface area contributed by atoms with E-state index in [2.05, 4.69) is 43.1 Å². The smallest absolute Gasteiger partial charge is 0.180 e. The fourth-order valence-corrected chi connectivity index (χ4v) is 2.56. The second-order valence-corrected chi connectivity index (χ2v) is 5.34. The van der Waals surface area contributed by atoms with E-state index in [0.717, 1.165) is 6.42 Å². The molecule has 16 heavy (non-hydrogen) atoms. The van der Waals surface area contributed by atoms with Crippen LogP contribution in [0.3, 0.4) is 0 Å². The van der Waals surface area contributed by atoms with E-state index in [1.54, 1.807) is 11.3 Å². The van der Waals surface area contributed by atoms with E-state index in [1.807, 2.05) is 6.20 Å². The summed E-state index contributed by atoms with van der Waals surface area (Å²) in [5.41, 5.74) is 8.43. The summed E-state index contributed by atoms with van der Waals surface area (Å²) in [7, 11) is 0. The first-order valence-corrected chi connectivity index (χ1v) is 6.26. The van der Waals surface area contributed by atoms with E-state index >= 15 is 0 Å². The average Bonchev–Trinajstić information content (AvgIpc) is 2.64. The Labute approximate surface area is 100 Å². The molecule has 0 aliphatic carbocycles. The van der Waals surface area contributed by atoms with Crippen LogP contribution in [0.1, 0.15) is 35.8 Å². The molecule has 2 N–H and O–H groups in total. The number of rotatable bonds is 3. The molecule has 0 saturated heterocycles. The summed E-state index contributed by atoms with van der Waals surface area (Å²) in [4.78, 5) is 5.31. The van der Waals surface area contributed by atoms with E-state index in [1.165, 1.54) is 16.0 Å². The van der Waals surface area contributed by atoms with Crippen LogP contribution in [0.5, 0.6) is 0 Å². The third-order valence-electron chi connectivity index (χ3n) is 2.61. The first-order chi connectivity index (χ1) is 7.66. The van der Waals surface area contributed by atoms with E-state index in [9.17, 15) is 0 Å². The number of nitrogens with two attached hydrogens (primary N) is 1. The van der Waals surface area contributed by atoms with Crippen LogP contribution in [0.15, 0.2) is 30.5 Å². The summed E-state index contributed by atoms with van der Waals surface area (Å²) < 4.78 is 0. The molecule has 1 aromatic heterocycles. The molecule has 0 atom stereocenters. The number of thiazole rings is 1. The van der Waals surface area contributed by atoms with Gasteiger partial charge in [-0.3, -0.25) is 0 Å². The van der Waals surface area contributed by atoms with Gasteiger partial charge in [0.15, 0.2) is 5.13 Å². The molecular formula is C13H16N2S. The van der Waals surface area contributed by atoms with Crippen LogP contribution >= 0.6 is 11.3 Å². The van der Waals surface area contributed by atoms with Crippen LogP contribution in [0.2, 0.25) is 0 Å². The molecule has 84 valence electrons. The maximum absolute atomic E-state index is 5.64. The van der Waals surface area contributed by atoms with Crippen molar-refractivity contribution in [3.63, 3.8) is 0 Å². The van der Waals surface area contributed by atoms with E-state index < -0.39 is 0 Å². The van der Waals surface area contributed by atoms with Crippen molar-refractivity contribution >= 4 is 16.5 Å². The highest BCUT2D eigenvalue weighted by atomic mass is 32.1. The maximum Gasteiger partial charge on any atom is 0.180 e. The molecule has 0 bridgehead atoms. The molecular weight excluding hydrogens is 216 g/mol. The summed E-state index contributed by atoms with van der Waals surface area (Å²) in [5, 5.41) is 0.650. The number of aromatic nitrogens is 1. The minimum absolute atomic E-state index is 0.557. The van der Waals surface area contributed by atoms with Gasteiger partial charge in [-0.15, -0.1) is 11.3 Å². The lowest BCUT2D eigenvalue weighted by atomic mass is 9.95. The molecule has 2 aromatic rings. The normalized spacial score (nSPS) is 10.9. The first kappa shape index (κ1) is 11.1. The van der Waals surface area contributed by atoms with Crippen molar-refractivity contribution in [2.45, 2.75) is 26.2 Å². The fraction of sp³-hybridized carbons (Fsp3) is 0.308. The Bertz CT molecular complexity index is 474. The van der Waals surface area contributed by atoms with Gasteiger partial charge in [0.25, 0.3) is 0 Å².